The summed E-state index contributed by atoms with van der Waals surface area (Å²) in [6.07, 6.45) is 3.13. The quantitative estimate of drug-likeness (QED) is 0.658. The van der Waals surface area contributed by atoms with Gasteiger partial charge in [0.25, 0.3) is 15.6 Å². The van der Waals surface area contributed by atoms with E-state index in [2.05, 4.69) is 19.9 Å². The Morgan fingerprint density at radius 2 is 1.89 bits per heavy atom. The number of anilines is 2. The zero-order valence-electron chi connectivity index (χ0n) is 14.8. The number of benzene rings is 1. The maximum atomic E-state index is 13.4. The fraction of sp³-hybridized carbons (Fsp3) is 0.278. The summed E-state index contributed by atoms with van der Waals surface area (Å²) in [6, 6.07) is 8.82. The number of aromatic amines is 2. The number of hydrogen-bond donors (Lipinski definition) is 2. The summed E-state index contributed by atoms with van der Waals surface area (Å²) in [7, 11) is -3.93. The number of nitrogens with one attached hydrogen (secondary N) is 2. The molecule has 10 heteroatoms. The van der Waals surface area contributed by atoms with Crippen molar-refractivity contribution in [2.75, 3.05) is 22.3 Å². The molecule has 1 fully saturated rings. The van der Waals surface area contributed by atoms with E-state index in [1.165, 1.54) is 16.6 Å². The molecular weight excluding hydrogens is 382 g/mol. The highest BCUT2D eigenvalue weighted by molar-refractivity contribution is 7.92. The van der Waals surface area contributed by atoms with Gasteiger partial charge in [0.1, 0.15) is 10.5 Å². The first-order chi connectivity index (χ1) is 13.4. The summed E-state index contributed by atoms with van der Waals surface area (Å²) in [5, 5.41) is 0.0217. The number of fused-ring (bicyclic) bond motifs is 4. The predicted molar refractivity (Wildman–Crippen MR) is 104 cm³/mol. The molecule has 0 aliphatic carbocycles. The molecule has 4 heterocycles. The predicted octanol–water partition coefficient (Wildman–Crippen LogP) is 0.789. The van der Waals surface area contributed by atoms with Gasteiger partial charge in [0, 0.05) is 18.8 Å². The fourth-order valence-electron chi connectivity index (χ4n) is 4.07. The first-order valence-electron chi connectivity index (χ1n) is 8.96. The van der Waals surface area contributed by atoms with Gasteiger partial charge in [-0.15, -0.1) is 0 Å². The van der Waals surface area contributed by atoms with Gasteiger partial charge in [-0.1, -0.05) is 12.1 Å². The topological polar surface area (TPSA) is 119 Å². The van der Waals surface area contributed by atoms with Crippen LogP contribution in [0.5, 0.6) is 0 Å². The third-order valence-corrected chi connectivity index (χ3v) is 7.11. The monoisotopic (exact) mass is 399 g/mol. The number of aromatic nitrogens is 3. The van der Waals surface area contributed by atoms with Crippen LogP contribution >= 0.6 is 0 Å². The van der Waals surface area contributed by atoms with E-state index in [9.17, 15) is 18.0 Å². The van der Waals surface area contributed by atoms with Gasteiger partial charge in [0.05, 0.1) is 23.3 Å². The molecule has 2 aliphatic heterocycles. The minimum absolute atomic E-state index is 0.0217. The van der Waals surface area contributed by atoms with Crippen LogP contribution in [0.25, 0.3) is 11.0 Å². The summed E-state index contributed by atoms with van der Waals surface area (Å²) < 4.78 is 28.3. The Morgan fingerprint density at radius 3 is 2.71 bits per heavy atom. The second-order valence-electron chi connectivity index (χ2n) is 6.99. The second kappa shape index (κ2) is 5.93. The van der Waals surface area contributed by atoms with E-state index in [0.717, 1.165) is 25.1 Å². The maximum Gasteiger partial charge on any atom is 0.327 e. The molecule has 0 saturated carbocycles. The molecule has 2 aromatic heterocycles. The number of pyridine rings is 1. The number of H-pyrrole nitrogens is 2. The highest BCUT2D eigenvalue weighted by Gasteiger charge is 2.39. The minimum atomic E-state index is -3.93. The smallest absolute Gasteiger partial charge is 0.327 e. The van der Waals surface area contributed by atoms with Gasteiger partial charge in [-0.3, -0.25) is 19.1 Å². The van der Waals surface area contributed by atoms with Crippen LogP contribution in [0.2, 0.25) is 0 Å². The van der Waals surface area contributed by atoms with Crippen molar-refractivity contribution in [2.45, 2.75) is 23.8 Å². The van der Waals surface area contributed by atoms with Crippen LogP contribution in [-0.2, 0) is 10.0 Å². The third-order valence-electron chi connectivity index (χ3n) is 5.37. The van der Waals surface area contributed by atoms with Crippen LogP contribution in [0.1, 0.15) is 12.8 Å². The molecule has 0 spiro atoms. The van der Waals surface area contributed by atoms with Gasteiger partial charge in [-0.2, -0.15) is 0 Å². The molecule has 0 radical (unpaired) electrons. The molecule has 1 saturated heterocycles. The summed E-state index contributed by atoms with van der Waals surface area (Å²) in [6.45, 7) is 1.26. The normalized spacial score (nSPS) is 18.9. The zero-order valence-corrected chi connectivity index (χ0v) is 15.6. The Morgan fingerprint density at radius 1 is 1.11 bits per heavy atom. The summed E-state index contributed by atoms with van der Waals surface area (Å²) in [5.74, 6) is 0. The molecule has 2 aliphatic rings. The van der Waals surface area contributed by atoms with Crippen molar-refractivity contribution in [2.24, 2.45) is 0 Å². The van der Waals surface area contributed by atoms with Crippen LogP contribution in [0.15, 0.2) is 51.0 Å². The summed E-state index contributed by atoms with van der Waals surface area (Å²) in [4.78, 5) is 34.1. The number of para-hydroxylation sites is 2. The van der Waals surface area contributed by atoms with Gasteiger partial charge in [-0.05, 0) is 31.0 Å². The molecule has 1 aromatic carbocycles. The second-order valence-corrected chi connectivity index (χ2v) is 8.85. The minimum Gasteiger partial charge on any atom is -0.365 e. The van der Waals surface area contributed by atoms with E-state index in [-0.39, 0.29) is 22.0 Å². The van der Waals surface area contributed by atoms with E-state index in [4.69, 9.17) is 0 Å². The SMILES string of the molecule is O=c1[nH]c(=O)c2cc(S(=O)(=O)N3CC4CCCN4c4ccccc43)cnc2[nH]1. The number of sulfonamides is 1. The van der Waals surface area contributed by atoms with Crippen molar-refractivity contribution in [3.63, 3.8) is 0 Å². The molecule has 9 nitrogen and oxygen atoms in total. The Balaban J connectivity index is 1.67. The summed E-state index contributed by atoms with van der Waals surface area (Å²) in [5.41, 5.74) is 0.205. The first-order valence-corrected chi connectivity index (χ1v) is 10.4. The largest absolute Gasteiger partial charge is 0.365 e. The van der Waals surface area contributed by atoms with Crippen molar-refractivity contribution < 1.29 is 8.42 Å². The van der Waals surface area contributed by atoms with Gasteiger partial charge < -0.3 is 4.90 Å². The van der Waals surface area contributed by atoms with Crippen LogP contribution in [0.4, 0.5) is 11.4 Å². The van der Waals surface area contributed by atoms with Gasteiger partial charge >= 0.3 is 5.69 Å². The lowest BCUT2D eigenvalue weighted by Gasteiger charge is -2.40. The Labute approximate surface area is 159 Å². The lowest BCUT2D eigenvalue weighted by Crippen LogP contribution is -2.48. The lowest BCUT2D eigenvalue weighted by molar-refractivity contribution is 0.577. The van der Waals surface area contributed by atoms with Crippen LogP contribution in [0, 0.1) is 0 Å². The van der Waals surface area contributed by atoms with E-state index in [0.29, 0.717) is 12.2 Å². The molecule has 3 aromatic rings. The molecule has 28 heavy (non-hydrogen) atoms. The number of nitrogens with zero attached hydrogens (tertiary/aromatic N) is 3. The van der Waals surface area contributed by atoms with Crippen LogP contribution < -0.4 is 20.5 Å². The van der Waals surface area contributed by atoms with Crippen molar-refractivity contribution >= 4 is 32.4 Å². The van der Waals surface area contributed by atoms with E-state index < -0.39 is 21.3 Å². The van der Waals surface area contributed by atoms with Crippen molar-refractivity contribution in [1.29, 1.82) is 0 Å². The Kier molecular flexibility index (Phi) is 3.60. The molecular formula is C18H17N5O4S. The summed E-state index contributed by atoms with van der Waals surface area (Å²) >= 11 is 0. The average Bonchev–Trinajstić information content (AvgIpc) is 3.16. The van der Waals surface area contributed by atoms with E-state index >= 15 is 0 Å². The Bertz CT molecular complexity index is 1310. The zero-order chi connectivity index (χ0) is 19.5. The van der Waals surface area contributed by atoms with E-state index in [1.807, 2.05) is 18.2 Å². The van der Waals surface area contributed by atoms with Crippen LogP contribution in [0.3, 0.4) is 0 Å². The molecule has 2 N–H and O–H groups in total. The fourth-order valence-corrected chi connectivity index (χ4v) is 5.56. The van der Waals surface area contributed by atoms with Gasteiger partial charge in [-0.25, -0.2) is 18.2 Å². The highest BCUT2D eigenvalue weighted by atomic mass is 32.2. The van der Waals surface area contributed by atoms with Crippen LogP contribution in [-0.4, -0.2) is 42.5 Å². The van der Waals surface area contributed by atoms with Crippen molar-refractivity contribution in [3.05, 3.63) is 57.4 Å². The van der Waals surface area contributed by atoms with Gasteiger partial charge in [0.15, 0.2) is 0 Å². The number of hydrogen-bond acceptors (Lipinski definition) is 6. The van der Waals surface area contributed by atoms with Crippen molar-refractivity contribution in [1.82, 2.24) is 15.0 Å². The van der Waals surface area contributed by atoms with Crippen molar-refractivity contribution in [3.8, 4) is 0 Å². The maximum absolute atomic E-state index is 13.4. The number of rotatable bonds is 2. The molecule has 1 atom stereocenters. The highest BCUT2D eigenvalue weighted by Crippen LogP contribution is 2.41. The first kappa shape index (κ1) is 17.0. The Hall–Kier alpha value is -3.14. The molecule has 1 unspecified atom stereocenters. The average molecular weight is 399 g/mol. The third kappa shape index (κ3) is 2.44. The van der Waals surface area contributed by atoms with E-state index in [1.54, 1.807) is 6.07 Å². The molecule has 0 amide bonds. The van der Waals surface area contributed by atoms with Gasteiger partial charge in [0.2, 0.25) is 0 Å². The lowest BCUT2D eigenvalue weighted by atomic mass is 10.1. The molecule has 144 valence electrons. The molecule has 5 rings (SSSR count). The standard InChI is InChI=1S/C18H17N5O4S/c24-17-13-8-12(9-19-16(13)20-18(25)21-17)28(26,27)23-10-11-4-3-7-22(11)14-5-1-2-6-15(14)23/h1-2,5-6,8-9,11H,3-4,7,10H2,(H2,19,20,21,24,25). The molecule has 0 bridgehead atoms.